The molecule has 1 N–H and O–H groups in total. The summed E-state index contributed by atoms with van der Waals surface area (Å²) in [6, 6.07) is 0. The lowest BCUT2D eigenvalue weighted by molar-refractivity contribution is 0.266. The van der Waals surface area contributed by atoms with Gasteiger partial charge in [0.2, 0.25) is 0 Å². The van der Waals surface area contributed by atoms with E-state index in [1.54, 1.807) is 0 Å². The molecule has 0 aliphatic carbocycles. The fourth-order valence-electron chi connectivity index (χ4n) is 1.16. The first-order valence-corrected chi connectivity index (χ1v) is 6.05. The lowest BCUT2D eigenvalue weighted by atomic mass is 10.5. The van der Waals surface area contributed by atoms with Gasteiger partial charge in [0.25, 0.3) is 0 Å². The van der Waals surface area contributed by atoms with Gasteiger partial charge in [-0.05, 0) is 25.4 Å². The average molecular weight is 202 g/mol. The standard InChI is InChI=1S/C8H16N2S.C2H6/c1-4-10(5-2)8-9-7(3)6-11-8;1-2/h6,8-9H,4-5H2,1-3H3;1-2H3. The fraction of sp³-hybridized carbons (Fsp3) is 0.800. The maximum atomic E-state index is 3.41. The molecular weight excluding hydrogens is 180 g/mol. The highest BCUT2D eigenvalue weighted by atomic mass is 32.2. The van der Waals surface area contributed by atoms with Gasteiger partial charge in [-0.3, -0.25) is 4.90 Å². The van der Waals surface area contributed by atoms with Crippen LogP contribution in [0.25, 0.3) is 0 Å². The Morgan fingerprint density at radius 2 is 1.92 bits per heavy atom. The van der Waals surface area contributed by atoms with E-state index < -0.39 is 0 Å². The lowest BCUT2D eigenvalue weighted by Crippen LogP contribution is -2.39. The Hall–Kier alpha value is -0.150. The van der Waals surface area contributed by atoms with E-state index in [1.807, 2.05) is 25.6 Å². The van der Waals surface area contributed by atoms with E-state index in [4.69, 9.17) is 0 Å². The minimum Gasteiger partial charge on any atom is -0.364 e. The molecule has 0 amide bonds. The summed E-state index contributed by atoms with van der Waals surface area (Å²) >= 11 is 1.86. The highest BCUT2D eigenvalue weighted by Crippen LogP contribution is 2.22. The topological polar surface area (TPSA) is 15.3 Å². The number of nitrogens with one attached hydrogen (secondary N) is 1. The number of hydrogen-bond acceptors (Lipinski definition) is 3. The second kappa shape index (κ2) is 7.27. The predicted molar refractivity (Wildman–Crippen MR) is 62.5 cm³/mol. The van der Waals surface area contributed by atoms with Gasteiger partial charge in [0.05, 0.1) is 0 Å². The summed E-state index contributed by atoms with van der Waals surface area (Å²) in [5.74, 6) is 0. The summed E-state index contributed by atoms with van der Waals surface area (Å²) in [5.41, 5.74) is 1.76. The number of rotatable bonds is 3. The smallest absolute Gasteiger partial charge is 0.132 e. The van der Waals surface area contributed by atoms with Gasteiger partial charge in [-0.2, -0.15) is 0 Å². The van der Waals surface area contributed by atoms with Crippen molar-refractivity contribution in [2.75, 3.05) is 13.1 Å². The summed E-state index contributed by atoms with van der Waals surface area (Å²) in [6.45, 7) is 12.7. The van der Waals surface area contributed by atoms with Crippen LogP contribution in [-0.4, -0.2) is 23.5 Å². The summed E-state index contributed by atoms with van der Waals surface area (Å²) in [5, 5.41) is 5.59. The Kier molecular flexibility index (Phi) is 7.19. The maximum absolute atomic E-state index is 3.41. The number of hydrogen-bond donors (Lipinski definition) is 1. The zero-order chi connectivity index (χ0) is 10.3. The molecular formula is C10H22N2S. The van der Waals surface area contributed by atoms with Crippen molar-refractivity contribution in [2.45, 2.75) is 40.1 Å². The third kappa shape index (κ3) is 4.05. The van der Waals surface area contributed by atoms with E-state index in [2.05, 4.69) is 36.4 Å². The molecule has 13 heavy (non-hydrogen) atoms. The number of allylic oxidation sites excluding steroid dienone is 1. The van der Waals surface area contributed by atoms with Gasteiger partial charge in [-0.25, -0.2) is 0 Å². The first kappa shape index (κ1) is 12.8. The zero-order valence-electron chi connectivity index (χ0n) is 9.42. The molecule has 0 radical (unpaired) electrons. The van der Waals surface area contributed by atoms with Crippen molar-refractivity contribution in [3.05, 3.63) is 11.1 Å². The van der Waals surface area contributed by atoms with E-state index in [1.165, 1.54) is 5.70 Å². The molecule has 1 atom stereocenters. The van der Waals surface area contributed by atoms with E-state index in [0.29, 0.717) is 5.50 Å². The van der Waals surface area contributed by atoms with Crippen molar-refractivity contribution in [1.29, 1.82) is 0 Å². The Labute approximate surface area is 86.8 Å². The number of nitrogens with zero attached hydrogens (tertiary/aromatic N) is 1. The zero-order valence-corrected chi connectivity index (χ0v) is 10.2. The summed E-state index contributed by atoms with van der Waals surface area (Å²) in [7, 11) is 0. The van der Waals surface area contributed by atoms with Gasteiger partial charge in [-0.15, -0.1) is 0 Å². The van der Waals surface area contributed by atoms with Crippen molar-refractivity contribution in [2.24, 2.45) is 0 Å². The molecule has 1 rings (SSSR count). The molecule has 0 saturated carbocycles. The van der Waals surface area contributed by atoms with Gasteiger partial charge < -0.3 is 5.32 Å². The van der Waals surface area contributed by atoms with E-state index in [-0.39, 0.29) is 0 Å². The number of thioether (sulfide) groups is 1. The molecule has 1 heterocycles. The molecule has 0 aromatic carbocycles. The van der Waals surface area contributed by atoms with Gasteiger partial charge in [0.15, 0.2) is 0 Å². The molecule has 3 heteroatoms. The van der Waals surface area contributed by atoms with E-state index in [0.717, 1.165) is 13.1 Å². The minimum absolute atomic E-state index is 0.477. The maximum Gasteiger partial charge on any atom is 0.132 e. The monoisotopic (exact) mass is 202 g/mol. The van der Waals surface area contributed by atoms with Crippen LogP contribution in [0.15, 0.2) is 11.1 Å². The molecule has 0 fully saturated rings. The highest BCUT2D eigenvalue weighted by Gasteiger charge is 2.18. The molecule has 1 aliphatic rings. The molecule has 78 valence electrons. The minimum atomic E-state index is 0.477. The van der Waals surface area contributed by atoms with Gasteiger partial charge >= 0.3 is 0 Å². The highest BCUT2D eigenvalue weighted by molar-refractivity contribution is 8.02. The summed E-state index contributed by atoms with van der Waals surface area (Å²) in [4.78, 5) is 2.40. The fourth-order valence-corrected chi connectivity index (χ4v) is 2.29. The molecule has 0 bridgehead atoms. The van der Waals surface area contributed by atoms with Crippen LogP contribution < -0.4 is 5.32 Å². The Morgan fingerprint density at radius 3 is 2.23 bits per heavy atom. The lowest BCUT2D eigenvalue weighted by Gasteiger charge is -2.25. The first-order valence-electron chi connectivity index (χ1n) is 5.10. The van der Waals surface area contributed by atoms with Crippen LogP contribution in [0.5, 0.6) is 0 Å². The van der Waals surface area contributed by atoms with Gasteiger partial charge in [0, 0.05) is 5.70 Å². The van der Waals surface area contributed by atoms with Crippen molar-refractivity contribution in [3.63, 3.8) is 0 Å². The van der Waals surface area contributed by atoms with Crippen LogP contribution in [0, 0.1) is 0 Å². The third-order valence-corrected chi connectivity index (χ3v) is 3.03. The van der Waals surface area contributed by atoms with Crippen molar-refractivity contribution in [3.8, 4) is 0 Å². The Balaban J connectivity index is 0.000000671. The van der Waals surface area contributed by atoms with E-state index in [9.17, 15) is 0 Å². The van der Waals surface area contributed by atoms with Crippen molar-refractivity contribution >= 4 is 11.8 Å². The van der Waals surface area contributed by atoms with Crippen LogP contribution >= 0.6 is 11.8 Å². The molecule has 0 saturated heterocycles. The van der Waals surface area contributed by atoms with Crippen molar-refractivity contribution in [1.82, 2.24) is 10.2 Å². The predicted octanol–water partition coefficient (Wildman–Crippen LogP) is 2.84. The quantitative estimate of drug-likeness (QED) is 0.757. The molecule has 0 spiro atoms. The van der Waals surface area contributed by atoms with E-state index >= 15 is 0 Å². The second-order valence-electron chi connectivity index (χ2n) is 2.65. The second-order valence-corrected chi connectivity index (χ2v) is 3.61. The SMILES string of the molecule is CC.CCN(CC)C1NC(C)=CS1. The van der Waals surface area contributed by atoms with Crippen LogP contribution in [0.4, 0.5) is 0 Å². The van der Waals surface area contributed by atoms with Crippen LogP contribution in [0.3, 0.4) is 0 Å². The molecule has 1 aliphatic heterocycles. The molecule has 1 unspecified atom stereocenters. The Morgan fingerprint density at radius 1 is 1.38 bits per heavy atom. The summed E-state index contributed by atoms with van der Waals surface area (Å²) in [6.07, 6.45) is 0. The third-order valence-electron chi connectivity index (χ3n) is 1.87. The van der Waals surface area contributed by atoms with Crippen LogP contribution in [0.2, 0.25) is 0 Å². The molecule has 0 aromatic rings. The Bertz CT molecular complexity index is 153. The van der Waals surface area contributed by atoms with Gasteiger partial charge in [-0.1, -0.05) is 39.5 Å². The first-order chi connectivity index (χ1) is 6.27. The largest absolute Gasteiger partial charge is 0.364 e. The van der Waals surface area contributed by atoms with Crippen molar-refractivity contribution < 1.29 is 0 Å². The molecule has 2 nitrogen and oxygen atoms in total. The molecule has 0 aromatic heterocycles. The summed E-state index contributed by atoms with van der Waals surface area (Å²) < 4.78 is 0. The normalized spacial score (nSPS) is 20.5. The van der Waals surface area contributed by atoms with Crippen LogP contribution in [0.1, 0.15) is 34.6 Å². The average Bonchev–Trinajstić information content (AvgIpc) is 2.58. The van der Waals surface area contributed by atoms with Crippen LogP contribution in [-0.2, 0) is 0 Å². The van der Waals surface area contributed by atoms with Gasteiger partial charge in [0.1, 0.15) is 5.50 Å².